The van der Waals surface area contributed by atoms with Crippen LogP contribution in [0.5, 0.6) is 57.5 Å². The molecule has 0 heterocycles. The van der Waals surface area contributed by atoms with E-state index >= 15 is 0 Å². The highest BCUT2D eigenvalue weighted by Crippen LogP contribution is 2.42. The van der Waals surface area contributed by atoms with Crippen LogP contribution in [0, 0.1) is 0 Å². The first-order valence-electron chi connectivity index (χ1n) is 25.0. The van der Waals surface area contributed by atoms with Gasteiger partial charge in [-0.15, -0.1) is 0 Å². The summed E-state index contributed by atoms with van der Waals surface area (Å²) in [4.78, 5) is 121. The van der Waals surface area contributed by atoms with Gasteiger partial charge in [0.05, 0.1) is 0 Å². The average molecular weight is 1210 g/mol. The van der Waals surface area contributed by atoms with Crippen LogP contribution in [0.25, 0.3) is 0 Å². The van der Waals surface area contributed by atoms with Crippen molar-refractivity contribution < 1.29 is 146 Å². The van der Waals surface area contributed by atoms with Crippen molar-refractivity contribution in [2.24, 2.45) is 0 Å². The monoisotopic (exact) mass is 1200 g/mol. The normalized spacial score (nSPS) is 11.7. The molecule has 0 amide bonds. The molecule has 456 valence electrons. The van der Waals surface area contributed by atoms with E-state index in [2.05, 4.69) is 0 Å². The molecule has 0 saturated heterocycles. The van der Waals surface area contributed by atoms with Crippen LogP contribution >= 0.6 is 0 Å². The van der Waals surface area contributed by atoms with Crippen molar-refractivity contribution >= 4 is 59.7 Å². The standard InChI is InChI=1S/C56H52O30/c57-47(58)17-77-37-9-29-3-31-11-43(83-23-53(69)70)33(13-41(31)81-21-51(65)66)5-35-15-46(86-26-56(75)76)36(16-45(35)85-25-55(73)74)6-34-14-42(82-22-52(67)68)32(12-44(34)84-24-54(71)72)4-30-10-38(78-18-48(59)60)28(8-40(30)80-20-50(63)64)2-1-27(37)7-39(29)79-19-49(61)62/h7-16H,1-6,17-26H2,(H,57,58)(H,59,60)(H,61,62)(H,63,64)(H,65,66)(H,67,68)(H,69,70)(H,71,72)(H,73,74)(H,75,76). The lowest BCUT2D eigenvalue weighted by Gasteiger charge is -2.22. The molecule has 0 radical (unpaired) electrons. The molecule has 10 N–H and O–H groups in total. The van der Waals surface area contributed by atoms with Gasteiger partial charge in [0.15, 0.2) is 66.1 Å². The van der Waals surface area contributed by atoms with Crippen LogP contribution in [0.3, 0.4) is 0 Å². The highest BCUT2D eigenvalue weighted by atomic mass is 16.5. The van der Waals surface area contributed by atoms with Crippen molar-refractivity contribution in [2.45, 2.75) is 38.5 Å². The van der Waals surface area contributed by atoms with Crippen LogP contribution in [0.4, 0.5) is 0 Å². The Kier molecular flexibility index (Phi) is 22.1. The number of aliphatic carboxylic acids is 10. The van der Waals surface area contributed by atoms with Gasteiger partial charge >= 0.3 is 59.7 Å². The van der Waals surface area contributed by atoms with Gasteiger partial charge in [-0.3, -0.25) is 0 Å². The van der Waals surface area contributed by atoms with Crippen LogP contribution in [0.15, 0.2) is 60.7 Å². The Morgan fingerprint density at radius 3 is 0.430 bits per heavy atom. The number of carboxylic acid groups (broad SMARTS) is 10. The molecule has 0 fully saturated rings. The number of hydrogen-bond acceptors (Lipinski definition) is 20. The van der Waals surface area contributed by atoms with Crippen molar-refractivity contribution in [2.75, 3.05) is 66.1 Å². The second-order valence-electron chi connectivity index (χ2n) is 18.4. The van der Waals surface area contributed by atoms with Crippen LogP contribution in [-0.2, 0) is 86.5 Å². The molecule has 0 aromatic heterocycles. The molecule has 0 spiro atoms. The predicted octanol–water partition coefficient (Wildman–Crippen LogP) is 2.78. The molecule has 16 rings (SSSR count). The third-order valence-corrected chi connectivity index (χ3v) is 11.9. The zero-order valence-corrected chi connectivity index (χ0v) is 44.7. The molecule has 0 saturated carbocycles. The molecule has 0 atom stereocenters. The van der Waals surface area contributed by atoms with E-state index in [-0.39, 0.29) is 126 Å². The van der Waals surface area contributed by atoms with Gasteiger partial charge < -0.3 is 98.4 Å². The highest BCUT2D eigenvalue weighted by molar-refractivity contribution is 5.74. The molecular weight excluding hydrogens is 1150 g/mol. The number of hydrogen-bond donors (Lipinski definition) is 10. The van der Waals surface area contributed by atoms with E-state index < -0.39 is 151 Å². The second-order valence-corrected chi connectivity index (χ2v) is 18.4. The lowest BCUT2D eigenvalue weighted by molar-refractivity contribution is -0.140. The first-order valence-corrected chi connectivity index (χ1v) is 25.0. The summed E-state index contributed by atoms with van der Waals surface area (Å²) in [5, 5.41) is 97.9. The number of benzene rings is 5. The van der Waals surface area contributed by atoms with Gasteiger partial charge in [0.1, 0.15) is 57.5 Å². The fourth-order valence-corrected chi connectivity index (χ4v) is 8.55. The summed E-state index contributed by atoms with van der Waals surface area (Å²) in [7, 11) is 0. The third-order valence-electron chi connectivity index (χ3n) is 11.9. The fraction of sp³-hybridized carbons (Fsp3) is 0.286. The number of rotatable bonds is 30. The minimum absolute atomic E-state index is 0.00929. The van der Waals surface area contributed by atoms with Crippen molar-refractivity contribution in [1.82, 2.24) is 0 Å². The summed E-state index contributed by atoms with van der Waals surface area (Å²) < 4.78 is 57.5. The van der Waals surface area contributed by atoms with Crippen LogP contribution in [0.2, 0.25) is 0 Å². The summed E-state index contributed by atoms with van der Waals surface area (Å²) in [5.41, 5.74) is 0.125. The quantitative estimate of drug-likeness (QED) is 0.0316. The Morgan fingerprint density at radius 1 is 0.209 bits per heavy atom. The van der Waals surface area contributed by atoms with Gasteiger partial charge in [-0.05, 0) is 84.6 Å². The van der Waals surface area contributed by atoms with Crippen molar-refractivity contribution in [3.63, 3.8) is 0 Å². The topological polar surface area (TPSA) is 465 Å². The fourth-order valence-electron chi connectivity index (χ4n) is 8.55. The van der Waals surface area contributed by atoms with Gasteiger partial charge in [0.25, 0.3) is 0 Å². The maximum atomic E-state index is 12.1. The molecule has 5 aromatic rings. The summed E-state index contributed by atoms with van der Waals surface area (Å²) in [5.74, 6) is -17.2. The maximum Gasteiger partial charge on any atom is 0.341 e. The second kappa shape index (κ2) is 29.7. The van der Waals surface area contributed by atoms with Gasteiger partial charge in [-0.2, -0.15) is 0 Å². The van der Waals surface area contributed by atoms with Crippen LogP contribution in [-0.4, -0.2) is 177 Å². The Balaban J connectivity index is 1.77. The number of carboxylic acids is 10. The molecule has 30 nitrogen and oxygen atoms in total. The Morgan fingerprint density at radius 2 is 0.314 bits per heavy atom. The number of carbonyl (C=O) groups is 10. The van der Waals surface area contributed by atoms with Crippen molar-refractivity contribution in [3.05, 3.63) is 116 Å². The first kappa shape index (κ1) is 64.0. The van der Waals surface area contributed by atoms with Gasteiger partial charge in [-0.25, -0.2) is 47.9 Å². The first-order chi connectivity index (χ1) is 40.8. The van der Waals surface area contributed by atoms with E-state index in [9.17, 15) is 99.0 Å². The molecule has 11 aliphatic rings. The summed E-state index contributed by atoms with van der Waals surface area (Å²) in [6.45, 7) is -10.1. The van der Waals surface area contributed by atoms with Crippen LogP contribution in [0.1, 0.15) is 55.6 Å². The summed E-state index contributed by atoms with van der Waals surface area (Å²) in [6.07, 6.45) is -2.24. The number of aryl methyl sites for hydroxylation is 2. The third kappa shape index (κ3) is 19.2. The summed E-state index contributed by atoms with van der Waals surface area (Å²) >= 11 is 0. The highest BCUT2D eigenvalue weighted by Gasteiger charge is 2.26. The number of ether oxygens (including phenoxy) is 10. The lowest BCUT2D eigenvalue weighted by Crippen LogP contribution is -2.16. The Hall–Kier alpha value is -11.2. The average Bonchev–Trinajstić information content (AvgIpc) is 1.05. The molecule has 0 unspecified atom stereocenters. The molecule has 11 aliphatic carbocycles. The zero-order chi connectivity index (χ0) is 62.8. The van der Waals surface area contributed by atoms with Gasteiger partial charge in [0.2, 0.25) is 0 Å². The van der Waals surface area contributed by atoms with E-state index in [1.54, 1.807) is 0 Å². The van der Waals surface area contributed by atoms with E-state index in [1.807, 2.05) is 0 Å². The van der Waals surface area contributed by atoms with Crippen molar-refractivity contribution in [1.29, 1.82) is 0 Å². The van der Waals surface area contributed by atoms with E-state index in [0.29, 0.717) is 0 Å². The maximum absolute atomic E-state index is 12.1. The van der Waals surface area contributed by atoms with E-state index in [1.165, 1.54) is 60.7 Å². The minimum atomic E-state index is -1.50. The zero-order valence-electron chi connectivity index (χ0n) is 44.7. The largest absolute Gasteiger partial charge is 0.482 e. The molecule has 10 bridgehead atoms. The molecule has 0 aliphatic heterocycles. The molecule has 86 heavy (non-hydrogen) atoms. The Bertz CT molecular complexity index is 3230. The van der Waals surface area contributed by atoms with Gasteiger partial charge in [0, 0.05) is 70.2 Å². The van der Waals surface area contributed by atoms with E-state index in [0.717, 1.165) is 0 Å². The summed E-state index contributed by atoms with van der Waals surface area (Å²) in [6, 6.07) is 12.4. The molecular formula is C56H52O30. The molecule has 30 heteroatoms. The minimum Gasteiger partial charge on any atom is -0.482 e. The van der Waals surface area contributed by atoms with Crippen molar-refractivity contribution in [3.8, 4) is 57.5 Å². The lowest BCUT2D eigenvalue weighted by atomic mass is 9.93. The van der Waals surface area contributed by atoms with E-state index in [4.69, 9.17) is 47.4 Å². The smallest absolute Gasteiger partial charge is 0.341 e. The molecule has 5 aromatic carbocycles. The predicted molar refractivity (Wildman–Crippen MR) is 282 cm³/mol. The SMILES string of the molecule is O=C(O)COc1cc2c(OCC(=O)O)cc1CCc1cc(OCC(=O)O)c(cc1OCC(=O)O)Cc1cc(OCC(=O)O)c(cc1OCC(=O)O)Cc1cc(OCC(=O)O)c(cc1OCC(=O)O)Cc1cc(OCC(=O)O)c(cc1OCC(=O)O)C2. The van der Waals surface area contributed by atoms with Gasteiger partial charge in [-0.1, -0.05) is 0 Å². The van der Waals surface area contributed by atoms with Crippen LogP contribution < -0.4 is 47.4 Å². The Labute approximate surface area is 483 Å².